The molecule has 7 heteroatoms. The van der Waals surface area contributed by atoms with Gasteiger partial charge in [0, 0.05) is 59.3 Å². The van der Waals surface area contributed by atoms with E-state index in [9.17, 15) is 9.59 Å². The summed E-state index contributed by atoms with van der Waals surface area (Å²) in [6.45, 7) is 4.77. The maximum atomic E-state index is 13.1. The average Bonchev–Trinajstić information content (AvgIpc) is 3.22. The lowest BCUT2D eigenvalue weighted by Gasteiger charge is -2.24. The molecule has 182 valence electrons. The zero-order chi connectivity index (χ0) is 24.0. The molecule has 1 saturated carbocycles. The fourth-order valence-electron chi connectivity index (χ4n) is 5.77. The number of carbonyl (C=O) groups is 2. The fraction of sp³-hybridized carbons (Fsp3) is 0.429. The summed E-state index contributed by atoms with van der Waals surface area (Å²) in [6, 6.07) is 13.7. The van der Waals surface area contributed by atoms with Gasteiger partial charge in [-0.3, -0.25) is 9.59 Å². The summed E-state index contributed by atoms with van der Waals surface area (Å²) in [5.74, 6) is -0.0888. The van der Waals surface area contributed by atoms with Gasteiger partial charge in [-0.1, -0.05) is 29.8 Å². The smallest absolute Gasteiger partial charge is 0.253 e. The van der Waals surface area contributed by atoms with Crippen molar-refractivity contribution in [3.63, 3.8) is 0 Å². The fourth-order valence-corrected chi connectivity index (χ4v) is 5.99. The van der Waals surface area contributed by atoms with E-state index < -0.39 is 0 Å². The first-order chi connectivity index (χ1) is 17.0. The van der Waals surface area contributed by atoms with E-state index in [1.54, 1.807) is 12.3 Å². The first kappa shape index (κ1) is 22.6. The van der Waals surface area contributed by atoms with Crippen LogP contribution in [0.15, 0.2) is 48.7 Å². The van der Waals surface area contributed by atoms with Gasteiger partial charge in [-0.2, -0.15) is 0 Å². The predicted molar refractivity (Wildman–Crippen MR) is 138 cm³/mol. The lowest BCUT2D eigenvalue weighted by molar-refractivity contribution is 0.0783. The number of aromatic amines is 1. The van der Waals surface area contributed by atoms with E-state index in [4.69, 9.17) is 11.6 Å². The molecule has 2 saturated heterocycles. The van der Waals surface area contributed by atoms with Crippen molar-refractivity contribution >= 4 is 34.3 Å². The van der Waals surface area contributed by atoms with Gasteiger partial charge in [-0.25, -0.2) is 0 Å². The van der Waals surface area contributed by atoms with Crippen LogP contribution in [0.2, 0.25) is 5.02 Å². The normalized spacial score (nSPS) is 21.5. The van der Waals surface area contributed by atoms with Gasteiger partial charge in [0.05, 0.1) is 5.02 Å². The molecule has 1 atom stereocenters. The number of nitrogens with zero attached hydrogens (tertiary/aromatic N) is 2. The Hall–Kier alpha value is -2.83. The number of hydrogen-bond donors (Lipinski definition) is 2. The molecule has 1 aromatic heterocycles. The number of carbonyl (C=O) groups excluding carboxylic acids is 2. The van der Waals surface area contributed by atoms with Gasteiger partial charge in [0.15, 0.2) is 0 Å². The second-order valence-electron chi connectivity index (χ2n) is 10.4. The maximum Gasteiger partial charge on any atom is 0.253 e. The summed E-state index contributed by atoms with van der Waals surface area (Å²) in [5, 5.41) is 4.63. The standard InChI is InChI=1S/C28H31ClN4O2/c29-24-16-30-25-15-20(5-8-23(24)25)26(34)31-22-9-14-33(17-22)27(35)19-3-6-21(7-4-19)28(10-11-28)18-32-12-1-2-13-32/h3-8,15-16,22,30H,1-2,9-14,17-18H2,(H,31,34). The Morgan fingerprint density at radius 3 is 2.51 bits per heavy atom. The van der Waals surface area contributed by atoms with Crippen LogP contribution in [0.1, 0.15) is 58.4 Å². The van der Waals surface area contributed by atoms with Crippen molar-refractivity contribution in [2.75, 3.05) is 32.7 Å². The first-order valence-electron chi connectivity index (χ1n) is 12.7. The second-order valence-corrected chi connectivity index (χ2v) is 10.9. The molecule has 3 aliphatic rings. The van der Waals surface area contributed by atoms with Crippen molar-refractivity contribution in [1.82, 2.24) is 20.1 Å². The van der Waals surface area contributed by atoms with Gasteiger partial charge in [0.25, 0.3) is 11.8 Å². The Bertz CT molecular complexity index is 1260. The van der Waals surface area contributed by atoms with Crippen LogP contribution in [0.4, 0.5) is 0 Å². The minimum absolute atomic E-state index is 0.0418. The van der Waals surface area contributed by atoms with Crippen LogP contribution in [0.25, 0.3) is 10.9 Å². The van der Waals surface area contributed by atoms with E-state index >= 15 is 0 Å². The number of amides is 2. The SMILES string of the molecule is O=C(NC1CCN(C(=O)c2ccc(C3(CN4CCCC4)CC3)cc2)C1)c1ccc2c(Cl)c[nH]c2c1. The number of halogens is 1. The summed E-state index contributed by atoms with van der Waals surface area (Å²) in [5.41, 5.74) is 3.81. The molecule has 1 aliphatic carbocycles. The second kappa shape index (κ2) is 8.99. The summed E-state index contributed by atoms with van der Waals surface area (Å²) in [4.78, 5) is 33.5. The molecule has 0 bridgehead atoms. The molecule has 3 aromatic rings. The highest BCUT2D eigenvalue weighted by molar-refractivity contribution is 6.35. The molecule has 0 spiro atoms. The molecule has 2 aromatic carbocycles. The Balaban J connectivity index is 1.06. The summed E-state index contributed by atoms with van der Waals surface area (Å²) in [7, 11) is 0. The number of fused-ring (bicyclic) bond motifs is 1. The van der Waals surface area contributed by atoms with Crippen molar-refractivity contribution in [2.24, 2.45) is 0 Å². The average molecular weight is 491 g/mol. The molecule has 35 heavy (non-hydrogen) atoms. The maximum absolute atomic E-state index is 13.1. The predicted octanol–water partition coefficient (Wildman–Crippen LogP) is 4.59. The van der Waals surface area contributed by atoms with Crippen molar-refractivity contribution < 1.29 is 9.59 Å². The van der Waals surface area contributed by atoms with Gasteiger partial charge in [-0.05, 0) is 75.0 Å². The lowest BCUT2D eigenvalue weighted by Crippen LogP contribution is -2.38. The largest absolute Gasteiger partial charge is 0.360 e. The van der Waals surface area contributed by atoms with Crippen LogP contribution in [-0.4, -0.2) is 65.4 Å². The van der Waals surface area contributed by atoms with Gasteiger partial charge in [0.2, 0.25) is 0 Å². The first-order valence-corrected chi connectivity index (χ1v) is 13.1. The number of nitrogens with one attached hydrogen (secondary N) is 2. The van der Waals surface area contributed by atoms with E-state index in [2.05, 4.69) is 27.3 Å². The third-order valence-electron chi connectivity index (χ3n) is 8.03. The molecule has 1 unspecified atom stereocenters. The molecule has 6 rings (SSSR count). The van der Waals surface area contributed by atoms with Crippen LogP contribution < -0.4 is 5.32 Å². The van der Waals surface area contributed by atoms with Gasteiger partial charge < -0.3 is 20.1 Å². The Labute approximate surface area is 210 Å². The van der Waals surface area contributed by atoms with Crippen molar-refractivity contribution in [3.05, 3.63) is 70.4 Å². The van der Waals surface area contributed by atoms with E-state index in [0.29, 0.717) is 29.1 Å². The van der Waals surface area contributed by atoms with Crippen molar-refractivity contribution in [2.45, 2.75) is 43.6 Å². The van der Waals surface area contributed by atoms with Crippen LogP contribution in [-0.2, 0) is 5.41 Å². The Morgan fingerprint density at radius 2 is 1.77 bits per heavy atom. The highest BCUT2D eigenvalue weighted by Crippen LogP contribution is 2.49. The molecule has 2 N–H and O–H groups in total. The Kier molecular flexibility index (Phi) is 5.81. The zero-order valence-electron chi connectivity index (χ0n) is 19.9. The van der Waals surface area contributed by atoms with Crippen molar-refractivity contribution in [1.29, 1.82) is 0 Å². The minimum Gasteiger partial charge on any atom is -0.360 e. The lowest BCUT2D eigenvalue weighted by atomic mass is 9.94. The van der Waals surface area contributed by atoms with Gasteiger partial charge in [-0.15, -0.1) is 0 Å². The number of rotatable bonds is 6. The highest BCUT2D eigenvalue weighted by atomic mass is 35.5. The molecule has 3 fully saturated rings. The van der Waals surface area contributed by atoms with Crippen LogP contribution in [0.3, 0.4) is 0 Å². The minimum atomic E-state index is -0.131. The Morgan fingerprint density at radius 1 is 1.03 bits per heavy atom. The molecule has 2 aliphatic heterocycles. The number of likely N-dealkylation sites (tertiary alicyclic amines) is 2. The van der Waals surface area contributed by atoms with Crippen LogP contribution >= 0.6 is 11.6 Å². The monoisotopic (exact) mass is 490 g/mol. The summed E-state index contributed by atoms with van der Waals surface area (Å²) < 4.78 is 0. The topological polar surface area (TPSA) is 68.4 Å². The molecule has 0 radical (unpaired) electrons. The van der Waals surface area contributed by atoms with E-state index in [0.717, 1.165) is 29.4 Å². The van der Waals surface area contributed by atoms with E-state index in [-0.39, 0.29) is 17.9 Å². The van der Waals surface area contributed by atoms with Crippen molar-refractivity contribution in [3.8, 4) is 0 Å². The quantitative estimate of drug-likeness (QED) is 0.531. The summed E-state index contributed by atoms with van der Waals surface area (Å²) in [6.07, 6.45) is 7.60. The number of benzene rings is 2. The molecular formula is C28H31ClN4O2. The number of aromatic nitrogens is 1. The third-order valence-corrected chi connectivity index (χ3v) is 8.34. The summed E-state index contributed by atoms with van der Waals surface area (Å²) >= 11 is 6.14. The third kappa shape index (κ3) is 4.45. The molecule has 2 amide bonds. The molecular weight excluding hydrogens is 460 g/mol. The van der Waals surface area contributed by atoms with Crippen LogP contribution in [0, 0.1) is 0 Å². The molecule has 3 heterocycles. The highest BCUT2D eigenvalue weighted by Gasteiger charge is 2.45. The number of hydrogen-bond acceptors (Lipinski definition) is 3. The number of H-pyrrole nitrogens is 1. The van der Waals surface area contributed by atoms with Gasteiger partial charge >= 0.3 is 0 Å². The van der Waals surface area contributed by atoms with Gasteiger partial charge in [0.1, 0.15) is 0 Å². The van der Waals surface area contributed by atoms with E-state index in [1.165, 1.54) is 44.3 Å². The van der Waals surface area contributed by atoms with E-state index in [1.807, 2.05) is 29.2 Å². The van der Waals surface area contributed by atoms with Crippen LogP contribution in [0.5, 0.6) is 0 Å². The molecule has 6 nitrogen and oxygen atoms in total. The zero-order valence-corrected chi connectivity index (χ0v) is 20.6.